The largest absolute Gasteiger partial charge is 0.423 e. The predicted octanol–water partition coefficient (Wildman–Crippen LogP) is 5.50. The summed E-state index contributed by atoms with van der Waals surface area (Å²) in [6.07, 6.45) is 1.89. The Bertz CT molecular complexity index is 1210. The van der Waals surface area contributed by atoms with Crippen LogP contribution in [0.2, 0.25) is 0 Å². The van der Waals surface area contributed by atoms with Crippen LogP contribution in [0.1, 0.15) is 44.1 Å². The quantitative estimate of drug-likeness (QED) is 0.408. The van der Waals surface area contributed by atoms with Crippen molar-refractivity contribution >= 4 is 17.0 Å². The van der Waals surface area contributed by atoms with E-state index in [4.69, 9.17) is 8.83 Å². The summed E-state index contributed by atoms with van der Waals surface area (Å²) in [7, 11) is 0. The average molecular weight is 407 g/mol. The van der Waals surface area contributed by atoms with E-state index in [1.165, 1.54) is 18.2 Å². The molecule has 2 aromatic carbocycles. The molecule has 0 atom stereocenters. The number of anilines is 1. The molecule has 4 aromatic rings. The highest BCUT2D eigenvalue weighted by molar-refractivity contribution is 5.93. The van der Waals surface area contributed by atoms with E-state index in [0.29, 0.717) is 29.6 Å². The smallest absolute Gasteiger partial charge is 0.336 e. The van der Waals surface area contributed by atoms with Gasteiger partial charge in [-0.2, -0.15) is 0 Å². The van der Waals surface area contributed by atoms with Gasteiger partial charge in [-0.05, 0) is 47.7 Å². The van der Waals surface area contributed by atoms with Crippen molar-refractivity contribution in [3.8, 4) is 11.1 Å². The van der Waals surface area contributed by atoms with Gasteiger partial charge in [-0.3, -0.25) is 0 Å². The number of rotatable bonds is 7. The summed E-state index contributed by atoms with van der Waals surface area (Å²) < 4.78 is 24.4. The minimum Gasteiger partial charge on any atom is -0.423 e. The average Bonchev–Trinajstić information content (AvgIpc) is 3.21. The Kier molecular flexibility index (Phi) is 5.61. The molecular weight excluding hydrogens is 385 g/mol. The molecule has 2 heterocycles. The molecule has 7 heteroatoms. The van der Waals surface area contributed by atoms with Crippen LogP contribution in [0.4, 0.5) is 10.4 Å². The first kappa shape index (κ1) is 19.8. The molecular formula is C23H22FN3O3. The van der Waals surface area contributed by atoms with Crippen LogP contribution in [-0.4, -0.2) is 10.2 Å². The van der Waals surface area contributed by atoms with Gasteiger partial charge in [0.15, 0.2) is 0 Å². The van der Waals surface area contributed by atoms with Crippen molar-refractivity contribution in [2.24, 2.45) is 0 Å². The Labute approximate surface area is 172 Å². The second-order valence-electron chi connectivity index (χ2n) is 7.13. The van der Waals surface area contributed by atoms with E-state index in [-0.39, 0.29) is 11.7 Å². The number of halogens is 1. The molecule has 1 N–H and O–H groups in total. The fourth-order valence-corrected chi connectivity index (χ4v) is 3.47. The number of nitrogens with one attached hydrogen (secondary N) is 1. The maximum absolute atomic E-state index is 13.3. The lowest BCUT2D eigenvalue weighted by molar-refractivity contribution is 0.439. The fourth-order valence-electron chi connectivity index (χ4n) is 3.47. The minimum atomic E-state index is -0.460. The van der Waals surface area contributed by atoms with E-state index in [1.807, 2.05) is 12.1 Å². The summed E-state index contributed by atoms with van der Waals surface area (Å²) in [4.78, 5) is 12.1. The molecule has 0 radical (unpaired) electrons. The fraction of sp³-hybridized carbons (Fsp3) is 0.261. The van der Waals surface area contributed by atoms with Crippen molar-refractivity contribution in [1.29, 1.82) is 0 Å². The number of aromatic nitrogens is 2. The molecule has 0 bridgehead atoms. The first-order chi connectivity index (χ1) is 14.6. The number of nitrogens with zero attached hydrogens (tertiary/aromatic N) is 2. The summed E-state index contributed by atoms with van der Waals surface area (Å²) in [5, 5.41) is 12.1. The minimum absolute atomic E-state index is 0.257. The molecule has 0 aliphatic rings. The Balaban J connectivity index is 1.58. The maximum Gasteiger partial charge on any atom is 0.336 e. The number of benzene rings is 2. The van der Waals surface area contributed by atoms with E-state index in [2.05, 4.69) is 29.4 Å². The zero-order valence-corrected chi connectivity index (χ0v) is 16.8. The lowest BCUT2D eigenvalue weighted by Gasteiger charge is -2.08. The van der Waals surface area contributed by atoms with Gasteiger partial charge in [-0.15, -0.1) is 5.10 Å². The standard InChI is InChI=1S/C23H22FN3O3/c1-3-15(4-2)22-26-27-23(30-22)25-13-14-5-10-18-19(12-21(28)29-20(18)11-14)16-6-8-17(24)9-7-16/h5-12,15H,3-4,13H2,1-2H3,(H,25,27). The van der Waals surface area contributed by atoms with E-state index in [0.717, 1.165) is 29.4 Å². The van der Waals surface area contributed by atoms with Crippen molar-refractivity contribution in [2.75, 3.05) is 5.32 Å². The van der Waals surface area contributed by atoms with Crippen LogP contribution in [0.5, 0.6) is 0 Å². The van der Waals surface area contributed by atoms with Crippen LogP contribution in [0.3, 0.4) is 0 Å². The van der Waals surface area contributed by atoms with Gasteiger partial charge in [-0.25, -0.2) is 9.18 Å². The SMILES string of the molecule is CCC(CC)c1nnc(NCc2ccc3c(-c4ccc(F)cc4)cc(=O)oc3c2)o1. The Hall–Kier alpha value is -3.48. The molecule has 4 rings (SSSR count). The molecule has 0 saturated heterocycles. The van der Waals surface area contributed by atoms with E-state index >= 15 is 0 Å². The highest BCUT2D eigenvalue weighted by Crippen LogP contribution is 2.28. The topological polar surface area (TPSA) is 81.2 Å². The van der Waals surface area contributed by atoms with Crippen LogP contribution in [0, 0.1) is 5.82 Å². The lowest BCUT2D eigenvalue weighted by atomic mass is 10.0. The molecule has 0 spiro atoms. The van der Waals surface area contributed by atoms with Crippen LogP contribution in [0.15, 0.2) is 62.2 Å². The summed E-state index contributed by atoms with van der Waals surface area (Å²) in [6, 6.07) is 13.4. The highest BCUT2D eigenvalue weighted by atomic mass is 19.1. The summed E-state index contributed by atoms with van der Waals surface area (Å²) in [5.74, 6) is 0.566. The van der Waals surface area contributed by atoms with Gasteiger partial charge in [0.1, 0.15) is 11.4 Å². The van der Waals surface area contributed by atoms with Gasteiger partial charge in [-0.1, -0.05) is 43.2 Å². The highest BCUT2D eigenvalue weighted by Gasteiger charge is 2.15. The maximum atomic E-state index is 13.3. The zero-order valence-electron chi connectivity index (χ0n) is 16.8. The molecule has 30 heavy (non-hydrogen) atoms. The van der Waals surface area contributed by atoms with Crippen LogP contribution in [0.25, 0.3) is 22.1 Å². The second kappa shape index (κ2) is 8.49. The molecule has 0 aliphatic heterocycles. The monoisotopic (exact) mass is 407 g/mol. The van der Waals surface area contributed by atoms with Crippen molar-refractivity contribution in [1.82, 2.24) is 10.2 Å². The summed E-state index contributed by atoms with van der Waals surface area (Å²) in [5.41, 5.74) is 2.35. The third-order valence-corrected chi connectivity index (χ3v) is 5.18. The van der Waals surface area contributed by atoms with E-state index in [1.54, 1.807) is 18.2 Å². The molecule has 0 amide bonds. The van der Waals surface area contributed by atoms with Crippen molar-refractivity contribution in [3.05, 3.63) is 76.2 Å². The number of hydrogen-bond acceptors (Lipinski definition) is 6. The predicted molar refractivity (Wildman–Crippen MR) is 113 cm³/mol. The van der Waals surface area contributed by atoms with E-state index in [9.17, 15) is 9.18 Å². The van der Waals surface area contributed by atoms with Gasteiger partial charge in [0.2, 0.25) is 5.89 Å². The third kappa shape index (κ3) is 4.10. The second-order valence-corrected chi connectivity index (χ2v) is 7.13. The van der Waals surface area contributed by atoms with Gasteiger partial charge in [0, 0.05) is 23.9 Å². The van der Waals surface area contributed by atoms with Crippen LogP contribution < -0.4 is 10.9 Å². The van der Waals surface area contributed by atoms with Crippen LogP contribution >= 0.6 is 0 Å². The van der Waals surface area contributed by atoms with Gasteiger partial charge < -0.3 is 14.2 Å². The number of hydrogen-bond donors (Lipinski definition) is 1. The number of fused-ring (bicyclic) bond motifs is 1. The zero-order chi connectivity index (χ0) is 21.1. The van der Waals surface area contributed by atoms with E-state index < -0.39 is 5.63 Å². The van der Waals surface area contributed by atoms with Gasteiger partial charge in [0.25, 0.3) is 0 Å². The van der Waals surface area contributed by atoms with Crippen molar-refractivity contribution in [3.63, 3.8) is 0 Å². The Morgan fingerprint density at radius 3 is 2.50 bits per heavy atom. The summed E-state index contributed by atoms with van der Waals surface area (Å²) in [6.45, 7) is 4.62. The third-order valence-electron chi connectivity index (χ3n) is 5.18. The molecule has 0 aliphatic carbocycles. The molecule has 6 nitrogen and oxygen atoms in total. The molecule has 154 valence electrons. The van der Waals surface area contributed by atoms with Crippen molar-refractivity contribution < 1.29 is 13.2 Å². The van der Waals surface area contributed by atoms with Crippen molar-refractivity contribution in [2.45, 2.75) is 39.2 Å². The Morgan fingerprint density at radius 1 is 1.00 bits per heavy atom. The molecule has 0 saturated carbocycles. The summed E-state index contributed by atoms with van der Waals surface area (Å²) >= 11 is 0. The first-order valence-electron chi connectivity index (χ1n) is 9.97. The van der Waals surface area contributed by atoms with Crippen LogP contribution in [-0.2, 0) is 6.54 Å². The normalized spacial score (nSPS) is 11.3. The molecule has 0 fully saturated rings. The Morgan fingerprint density at radius 2 is 1.77 bits per heavy atom. The molecule has 2 aromatic heterocycles. The van der Waals surface area contributed by atoms with Gasteiger partial charge in [0.05, 0.1) is 0 Å². The first-order valence-corrected chi connectivity index (χ1v) is 9.97. The molecule has 0 unspecified atom stereocenters. The van der Waals surface area contributed by atoms with Gasteiger partial charge >= 0.3 is 11.6 Å². The lowest BCUT2D eigenvalue weighted by Crippen LogP contribution is -2.02.